The number of hydrogen-bond acceptors (Lipinski definition) is 4. The summed E-state index contributed by atoms with van der Waals surface area (Å²) in [6.45, 7) is 3.91. The molecule has 1 rings (SSSR count). The van der Waals surface area contributed by atoms with E-state index in [1.807, 2.05) is 6.92 Å². The zero-order valence-electron chi connectivity index (χ0n) is 11.9. The topological polar surface area (TPSA) is 64.6 Å². The molecule has 1 fully saturated rings. The Labute approximate surface area is 115 Å². The molecular formula is C14H25NO4. The van der Waals surface area contributed by atoms with E-state index in [0.717, 1.165) is 6.42 Å². The fourth-order valence-corrected chi connectivity index (χ4v) is 2.34. The largest absolute Gasteiger partial charge is 0.425 e. The Kier molecular flexibility index (Phi) is 7.30. The van der Waals surface area contributed by atoms with Crippen molar-refractivity contribution in [2.75, 3.05) is 6.54 Å². The van der Waals surface area contributed by atoms with E-state index in [0.29, 0.717) is 18.9 Å². The van der Waals surface area contributed by atoms with Gasteiger partial charge in [-0.1, -0.05) is 26.2 Å². The van der Waals surface area contributed by atoms with E-state index in [9.17, 15) is 9.59 Å². The maximum atomic E-state index is 11.6. The lowest BCUT2D eigenvalue weighted by molar-refractivity contribution is -0.166. The maximum Gasteiger partial charge on any atom is 0.410 e. The minimum atomic E-state index is -0.770. The van der Waals surface area contributed by atoms with Crippen LogP contribution in [-0.4, -0.2) is 24.9 Å². The van der Waals surface area contributed by atoms with Crippen LogP contribution in [0.3, 0.4) is 0 Å². The molecule has 1 atom stereocenters. The van der Waals surface area contributed by atoms with Gasteiger partial charge in [-0.15, -0.1) is 0 Å². The highest BCUT2D eigenvalue weighted by Crippen LogP contribution is 2.22. The number of carbonyl (C=O) groups is 2. The highest BCUT2D eigenvalue weighted by atomic mass is 16.7. The molecule has 0 aromatic carbocycles. The van der Waals surface area contributed by atoms with Gasteiger partial charge in [-0.2, -0.15) is 0 Å². The van der Waals surface area contributed by atoms with Gasteiger partial charge in [0.1, 0.15) is 0 Å². The molecule has 0 aromatic rings. The summed E-state index contributed by atoms with van der Waals surface area (Å²) in [5, 5.41) is 2.76. The predicted molar refractivity (Wildman–Crippen MR) is 71.5 cm³/mol. The first-order chi connectivity index (χ1) is 9.11. The number of esters is 1. The summed E-state index contributed by atoms with van der Waals surface area (Å²) in [7, 11) is 0. The molecule has 0 aromatic heterocycles. The molecule has 1 aliphatic carbocycles. The highest BCUT2D eigenvalue weighted by Gasteiger charge is 2.18. The van der Waals surface area contributed by atoms with Crippen molar-refractivity contribution in [1.82, 2.24) is 5.32 Å². The van der Waals surface area contributed by atoms with E-state index < -0.39 is 18.4 Å². The van der Waals surface area contributed by atoms with Crippen LogP contribution in [0.5, 0.6) is 0 Å². The van der Waals surface area contributed by atoms with Gasteiger partial charge in [0.15, 0.2) is 0 Å². The van der Waals surface area contributed by atoms with Gasteiger partial charge in [0.2, 0.25) is 6.29 Å². The monoisotopic (exact) mass is 271 g/mol. The summed E-state index contributed by atoms with van der Waals surface area (Å²) in [5.41, 5.74) is 0. The molecule has 110 valence electrons. The molecule has 0 spiro atoms. The summed E-state index contributed by atoms with van der Waals surface area (Å²) in [6.07, 6.45) is 6.17. The lowest BCUT2D eigenvalue weighted by Crippen LogP contribution is -2.34. The summed E-state index contributed by atoms with van der Waals surface area (Å²) in [4.78, 5) is 22.5. The fourth-order valence-electron chi connectivity index (χ4n) is 2.34. The normalized spacial score (nSPS) is 17.6. The van der Waals surface area contributed by atoms with Gasteiger partial charge in [-0.05, 0) is 25.2 Å². The third-order valence-corrected chi connectivity index (χ3v) is 3.32. The van der Waals surface area contributed by atoms with Crippen molar-refractivity contribution >= 4 is 12.1 Å². The number of hydrogen-bond donors (Lipinski definition) is 1. The molecule has 1 unspecified atom stereocenters. The first kappa shape index (κ1) is 15.8. The Hall–Kier alpha value is -1.26. The SMILES string of the molecule is CCCC(OC(C)=O)OC(=O)NCC1CCCCC1. The van der Waals surface area contributed by atoms with Crippen molar-refractivity contribution < 1.29 is 19.1 Å². The lowest BCUT2D eigenvalue weighted by atomic mass is 9.89. The van der Waals surface area contributed by atoms with Crippen molar-refractivity contribution in [2.24, 2.45) is 5.92 Å². The smallest absolute Gasteiger partial charge is 0.410 e. The van der Waals surface area contributed by atoms with E-state index in [1.54, 1.807) is 0 Å². The van der Waals surface area contributed by atoms with Crippen LogP contribution in [0.25, 0.3) is 0 Å². The summed E-state index contributed by atoms with van der Waals surface area (Å²) < 4.78 is 10.0. The minimum Gasteiger partial charge on any atom is -0.425 e. The second-order valence-corrected chi connectivity index (χ2v) is 5.12. The van der Waals surface area contributed by atoms with Crippen LogP contribution in [0.1, 0.15) is 58.8 Å². The van der Waals surface area contributed by atoms with E-state index in [4.69, 9.17) is 9.47 Å². The second-order valence-electron chi connectivity index (χ2n) is 5.12. The van der Waals surface area contributed by atoms with Gasteiger partial charge in [0.25, 0.3) is 0 Å². The van der Waals surface area contributed by atoms with E-state index in [-0.39, 0.29) is 0 Å². The average molecular weight is 271 g/mol. The number of alkyl carbamates (subject to hydrolysis) is 1. The van der Waals surface area contributed by atoms with Crippen molar-refractivity contribution in [3.05, 3.63) is 0 Å². The summed E-state index contributed by atoms with van der Waals surface area (Å²) in [5.74, 6) is 0.123. The molecule has 19 heavy (non-hydrogen) atoms. The molecule has 0 heterocycles. The summed E-state index contributed by atoms with van der Waals surface area (Å²) in [6, 6.07) is 0. The van der Waals surface area contributed by atoms with Crippen molar-refractivity contribution in [2.45, 2.75) is 65.1 Å². The van der Waals surface area contributed by atoms with Crippen LogP contribution >= 0.6 is 0 Å². The van der Waals surface area contributed by atoms with Crippen LogP contribution in [0, 0.1) is 5.92 Å². The summed E-state index contributed by atoms with van der Waals surface area (Å²) >= 11 is 0. The van der Waals surface area contributed by atoms with E-state index >= 15 is 0 Å². The van der Waals surface area contributed by atoms with Crippen LogP contribution < -0.4 is 5.32 Å². The number of rotatable bonds is 6. The van der Waals surface area contributed by atoms with Gasteiger partial charge in [0, 0.05) is 19.9 Å². The average Bonchev–Trinajstić information content (AvgIpc) is 2.37. The number of carbonyl (C=O) groups excluding carboxylic acids is 2. The Bertz CT molecular complexity index is 287. The van der Waals surface area contributed by atoms with Crippen LogP contribution in [0.4, 0.5) is 4.79 Å². The molecule has 0 aliphatic heterocycles. The first-order valence-electron chi connectivity index (χ1n) is 7.23. The van der Waals surface area contributed by atoms with E-state index in [1.165, 1.54) is 39.0 Å². The molecular weight excluding hydrogens is 246 g/mol. The molecule has 5 heteroatoms. The van der Waals surface area contributed by atoms with Crippen molar-refractivity contribution in [3.63, 3.8) is 0 Å². The molecule has 1 aliphatic rings. The van der Waals surface area contributed by atoms with Crippen molar-refractivity contribution in [3.8, 4) is 0 Å². The molecule has 1 saturated carbocycles. The molecule has 5 nitrogen and oxygen atoms in total. The molecule has 1 amide bonds. The van der Waals surface area contributed by atoms with Crippen LogP contribution in [0.15, 0.2) is 0 Å². The number of nitrogens with one attached hydrogen (secondary N) is 1. The van der Waals surface area contributed by atoms with Gasteiger partial charge in [-0.25, -0.2) is 4.79 Å². The fraction of sp³-hybridized carbons (Fsp3) is 0.857. The third kappa shape index (κ3) is 7.03. The Morgan fingerprint density at radius 3 is 2.47 bits per heavy atom. The van der Waals surface area contributed by atoms with Crippen LogP contribution in [-0.2, 0) is 14.3 Å². The number of ether oxygens (including phenoxy) is 2. The lowest BCUT2D eigenvalue weighted by Gasteiger charge is -2.22. The molecule has 0 radical (unpaired) electrons. The maximum absolute atomic E-state index is 11.6. The van der Waals surface area contributed by atoms with Gasteiger partial charge < -0.3 is 14.8 Å². The molecule has 0 bridgehead atoms. The quantitative estimate of drug-likeness (QED) is 0.596. The third-order valence-electron chi connectivity index (χ3n) is 3.32. The van der Waals surface area contributed by atoms with Crippen LogP contribution in [0.2, 0.25) is 0 Å². The zero-order valence-corrected chi connectivity index (χ0v) is 11.9. The zero-order chi connectivity index (χ0) is 14.1. The Morgan fingerprint density at radius 2 is 1.89 bits per heavy atom. The second kappa shape index (κ2) is 8.77. The van der Waals surface area contributed by atoms with Crippen molar-refractivity contribution in [1.29, 1.82) is 0 Å². The highest BCUT2D eigenvalue weighted by molar-refractivity contribution is 5.68. The minimum absolute atomic E-state index is 0.432. The number of amides is 1. The van der Waals surface area contributed by atoms with Gasteiger partial charge in [0.05, 0.1) is 0 Å². The van der Waals surface area contributed by atoms with Gasteiger partial charge >= 0.3 is 12.1 Å². The first-order valence-corrected chi connectivity index (χ1v) is 7.23. The predicted octanol–water partition coefficient (Wildman–Crippen LogP) is 2.98. The molecule has 0 saturated heterocycles. The molecule has 1 N–H and O–H groups in total. The van der Waals surface area contributed by atoms with Gasteiger partial charge in [-0.3, -0.25) is 4.79 Å². The Morgan fingerprint density at radius 1 is 1.21 bits per heavy atom. The Balaban J connectivity index is 2.24. The van der Waals surface area contributed by atoms with E-state index in [2.05, 4.69) is 5.32 Å². The standard InChI is InChI=1S/C14H25NO4/c1-3-7-13(18-11(2)16)19-14(17)15-10-12-8-5-4-6-9-12/h12-13H,3-10H2,1-2H3,(H,15,17).